The van der Waals surface area contributed by atoms with E-state index < -0.39 is 10.0 Å². The number of hydrogen-bond donors (Lipinski definition) is 0. The van der Waals surface area contributed by atoms with Crippen LogP contribution in [0.5, 0.6) is 0 Å². The first kappa shape index (κ1) is 16.1. The molecule has 1 saturated heterocycles. The average molecular weight is 337 g/mol. The van der Waals surface area contributed by atoms with Crippen molar-refractivity contribution in [3.8, 4) is 0 Å². The zero-order valence-corrected chi connectivity index (χ0v) is 13.8. The van der Waals surface area contributed by atoms with Gasteiger partial charge in [-0.3, -0.25) is 19.4 Å². The van der Waals surface area contributed by atoms with E-state index in [4.69, 9.17) is 0 Å². The molecule has 1 fully saturated rings. The summed E-state index contributed by atoms with van der Waals surface area (Å²) in [6.45, 7) is 3.62. The van der Waals surface area contributed by atoms with Gasteiger partial charge in [-0.1, -0.05) is 12.1 Å². The van der Waals surface area contributed by atoms with Gasteiger partial charge in [-0.05, 0) is 19.1 Å². The summed E-state index contributed by atoms with van der Waals surface area (Å²) < 4.78 is 25.2. The fourth-order valence-corrected chi connectivity index (χ4v) is 3.98. The Hall–Kier alpha value is -1.77. The summed E-state index contributed by atoms with van der Waals surface area (Å²) in [5.74, 6) is -0.478. The van der Waals surface area contributed by atoms with Crippen molar-refractivity contribution in [2.45, 2.75) is 6.92 Å². The Kier molecular flexibility index (Phi) is 4.22. The van der Waals surface area contributed by atoms with Crippen LogP contribution in [0.1, 0.15) is 27.6 Å². The lowest BCUT2D eigenvalue weighted by Crippen LogP contribution is -2.52. The summed E-state index contributed by atoms with van der Waals surface area (Å²) in [7, 11) is -3.18. The Balaban J connectivity index is 1.65. The molecule has 0 aromatic heterocycles. The number of nitrogens with zero attached hydrogens (tertiary/aromatic N) is 3. The summed E-state index contributed by atoms with van der Waals surface area (Å²) >= 11 is 0. The maximum atomic E-state index is 12.3. The molecule has 0 atom stereocenters. The van der Waals surface area contributed by atoms with Gasteiger partial charge >= 0.3 is 0 Å². The van der Waals surface area contributed by atoms with Gasteiger partial charge in [-0.15, -0.1) is 0 Å². The van der Waals surface area contributed by atoms with E-state index in [0.717, 1.165) is 0 Å². The third kappa shape index (κ3) is 2.89. The van der Waals surface area contributed by atoms with Gasteiger partial charge < -0.3 is 0 Å². The Bertz CT molecular complexity index is 704. The number of hydrogen-bond acceptors (Lipinski definition) is 5. The zero-order valence-electron chi connectivity index (χ0n) is 12.9. The Labute approximate surface area is 135 Å². The first-order valence-corrected chi connectivity index (χ1v) is 9.20. The van der Waals surface area contributed by atoms with Gasteiger partial charge in [0.05, 0.1) is 23.5 Å². The average Bonchev–Trinajstić information content (AvgIpc) is 2.81. The lowest BCUT2D eigenvalue weighted by Gasteiger charge is -2.35. The van der Waals surface area contributed by atoms with Crippen LogP contribution in [0.15, 0.2) is 24.3 Å². The number of sulfonamides is 1. The smallest absolute Gasteiger partial charge is 0.262 e. The van der Waals surface area contributed by atoms with Crippen LogP contribution in [0.25, 0.3) is 0 Å². The van der Waals surface area contributed by atoms with Crippen LogP contribution in [-0.2, 0) is 10.0 Å². The lowest BCUT2D eigenvalue weighted by atomic mass is 10.1. The number of piperazine rings is 1. The molecule has 2 heterocycles. The third-order valence-electron chi connectivity index (χ3n) is 4.31. The summed E-state index contributed by atoms with van der Waals surface area (Å²) in [6.07, 6.45) is 0. The highest BCUT2D eigenvalue weighted by Gasteiger charge is 2.37. The van der Waals surface area contributed by atoms with Crippen LogP contribution in [0, 0.1) is 0 Å². The van der Waals surface area contributed by atoms with E-state index >= 15 is 0 Å². The summed E-state index contributed by atoms with van der Waals surface area (Å²) in [4.78, 5) is 27.8. The minimum Gasteiger partial charge on any atom is -0.283 e. The van der Waals surface area contributed by atoms with Gasteiger partial charge in [0.1, 0.15) is 0 Å². The minimum absolute atomic E-state index is 0.0887. The molecule has 0 unspecified atom stereocenters. The summed E-state index contributed by atoms with van der Waals surface area (Å²) in [6, 6.07) is 6.78. The number of benzene rings is 1. The van der Waals surface area contributed by atoms with E-state index in [0.29, 0.717) is 37.3 Å². The molecular formula is C15H19N3O4S. The molecule has 0 saturated carbocycles. The molecule has 0 radical (unpaired) electrons. The Morgan fingerprint density at radius 3 is 1.96 bits per heavy atom. The van der Waals surface area contributed by atoms with Gasteiger partial charge in [0, 0.05) is 26.2 Å². The molecule has 7 nitrogen and oxygen atoms in total. The van der Waals surface area contributed by atoms with Crippen molar-refractivity contribution < 1.29 is 18.0 Å². The lowest BCUT2D eigenvalue weighted by molar-refractivity contribution is 0.0500. The van der Waals surface area contributed by atoms with Crippen molar-refractivity contribution in [3.63, 3.8) is 0 Å². The Morgan fingerprint density at radius 1 is 0.957 bits per heavy atom. The van der Waals surface area contributed by atoms with Gasteiger partial charge in [0.2, 0.25) is 10.0 Å². The molecule has 23 heavy (non-hydrogen) atoms. The number of fused-ring (bicyclic) bond motifs is 1. The van der Waals surface area contributed by atoms with E-state index in [1.807, 2.05) is 4.90 Å². The fraction of sp³-hybridized carbons (Fsp3) is 0.467. The fourth-order valence-electron chi connectivity index (χ4n) is 2.90. The van der Waals surface area contributed by atoms with Crippen LogP contribution in [-0.4, -0.2) is 72.9 Å². The molecule has 3 rings (SSSR count). The molecule has 2 aliphatic heterocycles. The zero-order chi connectivity index (χ0) is 16.6. The highest BCUT2D eigenvalue weighted by molar-refractivity contribution is 7.89. The van der Waals surface area contributed by atoms with E-state index in [1.54, 1.807) is 31.2 Å². The highest BCUT2D eigenvalue weighted by atomic mass is 32.2. The van der Waals surface area contributed by atoms with Gasteiger partial charge in [0.15, 0.2) is 0 Å². The molecule has 0 spiro atoms. The maximum absolute atomic E-state index is 12.3. The summed E-state index contributed by atoms with van der Waals surface area (Å²) in [5.41, 5.74) is 0.870. The quantitative estimate of drug-likeness (QED) is 0.734. The predicted molar refractivity (Wildman–Crippen MR) is 84.4 cm³/mol. The van der Waals surface area contributed by atoms with Crippen LogP contribution in [0.3, 0.4) is 0 Å². The van der Waals surface area contributed by atoms with Gasteiger partial charge in [-0.25, -0.2) is 8.42 Å². The van der Waals surface area contributed by atoms with E-state index in [1.165, 1.54) is 9.21 Å². The standard InChI is InChI=1S/C15H19N3O4S/c1-2-23(21,22)17-9-7-16(8-10-17)11-18-14(19)12-5-3-4-6-13(12)15(18)20/h3-6H,2,7-11H2,1H3. The number of imide groups is 1. The second-order valence-corrected chi connectivity index (χ2v) is 7.90. The number of rotatable bonds is 4. The van der Waals surface area contributed by atoms with Crippen LogP contribution in [0.2, 0.25) is 0 Å². The molecule has 2 amide bonds. The largest absolute Gasteiger partial charge is 0.283 e. The van der Waals surface area contributed by atoms with Crippen LogP contribution >= 0.6 is 0 Å². The molecule has 1 aromatic carbocycles. The molecule has 0 N–H and O–H groups in total. The van der Waals surface area contributed by atoms with Crippen molar-refractivity contribution in [3.05, 3.63) is 35.4 Å². The molecular weight excluding hydrogens is 318 g/mol. The van der Waals surface area contributed by atoms with Crippen LogP contribution < -0.4 is 0 Å². The highest BCUT2D eigenvalue weighted by Crippen LogP contribution is 2.23. The van der Waals surface area contributed by atoms with Crippen molar-refractivity contribution in [1.82, 2.24) is 14.1 Å². The first-order valence-electron chi connectivity index (χ1n) is 7.59. The second-order valence-electron chi connectivity index (χ2n) is 5.64. The monoisotopic (exact) mass is 337 g/mol. The summed E-state index contributed by atoms with van der Waals surface area (Å²) in [5, 5.41) is 0. The number of amides is 2. The van der Waals surface area contributed by atoms with Crippen LogP contribution in [0.4, 0.5) is 0 Å². The third-order valence-corrected chi connectivity index (χ3v) is 6.19. The van der Waals surface area contributed by atoms with Gasteiger partial charge in [-0.2, -0.15) is 4.31 Å². The minimum atomic E-state index is -3.18. The van der Waals surface area contributed by atoms with Crippen molar-refractivity contribution in [2.75, 3.05) is 38.6 Å². The molecule has 124 valence electrons. The van der Waals surface area contributed by atoms with Crippen molar-refractivity contribution in [2.24, 2.45) is 0 Å². The Morgan fingerprint density at radius 2 is 1.48 bits per heavy atom. The molecule has 0 aliphatic carbocycles. The molecule has 2 aliphatic rings. The van der Waals surface area contributed by atoms with E-state index in [2.05, 4.69) is 0 Å². The molecule has 0 bridgehead atoms. The van der Waals surface area contributed by atoms with E-state index in [-0.39, 0.29) is 24.2 Å². The number of carbonyl (C=O) groups excluding carboxylic acids is 2. The second kappa shape index (κ2) is 6.03. The normalized spacial score (nSPS) is 20.1. The van der Waals surface area contributed by atoms with Crippen molar-refractivity contribution in [1.29, 1.82) is 0 Å². The maximum Gasteiger partial charge on any atom is 0.262 e. The molecule has 8 heteroatoms. The SMILES string of the molecule is CCS(=O)(=O)N1CCN(CN2C(=O)c3ccccc3C2=O)CC1. The number of carbonyl (C=O) groups is 2. The van der Waals surface area contributed by atoms with Crippen molar-refractivity contribution >= 4 is 21.8 Å². The topological polar surface area (TPSA) is 78.0 Å². The predicted octanol–water partition coefficient (Wildman–Crippen LogP) is 0.207. The molecule has 1 aromatic rings. The van der Waals surface area contributed by atoms with E-state index in [9.17, 15) is 18.0 Å². The van der Waals surface area contributed by atoms with Gasteiger partial charge in [0.25, 0.3) is 11.8 Å². The first-order chi connectivity index (χ1) is 10.9.